The molecule has 0 saturated heterocycles. The number of ether oxygens (including phenoxy) is 2. The van der Waals surface area contributed by atoms with Crippen LogP contribution in [0, 0.1) is 0 Å². The second kappa shape index (κ2) is 11.2. The minimum absolute atomic E-state index is 0.00688. The minimum Gasteiger partial charge on any atom is -0.493 e. The second-order valence-electron chi connectivity index (χ2n) is 6.94. The van der Waals surface area contributed by atoms with E-state index in [1.165, 1.54) is 16.8 Å². The van der Waals surface area contributed by atoms with E-state index in [-0.39, 0.29) is 5.56 Å². The molecule has 0 unspecified atom stereocenters. The van der Waals surface area contributed by atoms with Crippen molar-refractivity contribution in [3.63, 3.8) is 0 Å². The smallest absolute Gasteiger partial charge is 0.276 e. The van der Waals surface area contributed by atoms with E-state index in [1.54, 1.807) is 49.7 Å². The highest BCUT2D eigenvalue weighted by Gasteiger charge is 2.12. The fraction of sp³-hybridized carbons (Fsp3) is 0.208. The largest absolute Gasteiger partial charge is 0.493 e. The Kier molecular flexibility index (Phi) is 8.05. The number of methoxy groups -OCH3 is 1. The molecule has 0 bridgehead atoms. The monoisotopic (exact) mass is 453 g/mol. The van der Waals surface area contributed by atoms with Gasteiger partial charge in [-0.1, -0.05) is 30.7 Å². The van der Waals surface area contributed by atoms with E-state index in [1.807, 2.05) is 19.1 Å². The summed E-state index contributed by atoms with van der Waals surface area (Å²) in [6, 6.07) is 15.6. The Morgan fingerprint density at radius 1 is 1.16 bits per heavy atom. The number of carbonyl (C=O) groups excluding carboxylic acids is 1. The number of nitrogens with one attached hydrogen (secondary N) is 1. The van der Waals surface area contributed by atoms with Crippen molar-refractivity contribution in [1.82, 2.24) is 9.99 Å². The van der Waals surface area contributed by atoms with Gasteiger partial charge in [0.2, 0.25) is 0 Å². The van der Waals surface area contributed by atoms with Crippen molar-refractivity contribution in [1.29, 1.82) is 0 Å². The molecule has 1 heterocycles. The van der Waals surface area contributed by atoms with Crippen LogP contribution in [-0.2, 0) is 6.54 Å². The molecule has 0 atom stereocenters. The van der Waals surface area contributed by atoms with Crippen molar-refractivity contribution >= 4 is 23.7 Å². The average molecular weight is 454 g/mol. The molecule has 0 aliphatic heterocycles. The standard InChI is InChI=1S/C24H24ClN3O4/c1-3-12-32-21-10-9-17(14-22(21)31-2)15-26-27-23(29)20-8-5-11-28(24(20)30)16-18-6-4-7-19(25)13-18/h4-11,13-15H,3,12,16H2,1-2H3,(H,27,29)/b26-15-. The summed E-state index contributed by atoms with van der Waals surface area (Å²) in [5.74, 6) is 0.613. The van der Waals surface area contributed by atoms with Gasteiger partial charge in [0.1, 0.15) is 5.56 Å². The molecular formula is C24H24ClN3O4. The number of pyridine rings is 1. The van der Waals surface area contributed by atoms with Crippen molar-refractivity contribution in [3.8, 4) is 11.5 Å². The number of hydrogen-bond donors (Lipinski definition) is 1. The van der Waals surface area contributed by atoms with Crippen LogP contribution in [0.25, 0.3) is 0 Å². The summed E-state index contributed by atoms with van der Waals surface area (Å²) in [4.78, 5) is 25.2. The zero-order valence-corrected chi connectivity index (χ0v) is 18.6. The first-order valence-corrected chi connectivity index (χ1v) is 10.5. The summed E-state index contributed by atoms with van der Waals surface area (Å²) < 4.78 is 12.4. The summed E-state index contributed by atoms with van der Waals surface area (Å²) in [5, 5.41) is 4.55. The Morgan fingerprint density at radius 3 is 2.75 bits per heavy atom. The van der Waals surface area contributed by atoms with Crippen LogP contribution in [0.1, 0.15) is 34.8 Å². The van der Waals surface area contributed by atoms with Crippen molar-refractivity contribution < 1.29 is 14.3 Å². The van der Waals surface area contributed by atoms with Crippen LogP contribution in [0.3, 0.4) is 0 Å². The lowest BCUT2D eigenvalue weighted by Crippen LogP contribution is -2.30. The molecule has 0 spiro atoms. The number of benzene rings is 2. The third-order valence-corrected chi connectivity index (χ3v) is 4.77. The maximum absolute atomic E-state index is 12.7. The van der Waals surface area contributed by atoms with Crippen LogP contribution >= 0.6 is 11.6 Å². The van der Waals surface area contributed by atoms with Crippen LogP contribution in [-0.4, -0.2) is 30.4 Å². The molecule has 8 heteroatoms. The highest BCUT2D eigenvalue weighted by Crippen LogP contribution is 2.27. The third-order valence-electron chi connectivity index (χ3n) is 4.54. The van der Waals surface area contributed by atoms with Gasteiger partial charge in [-0.2, -0.15) is 5.10 Å². The summed E-state index contributed by atoms with van der Waals surface area (Å²) in [5.41, 5.74) is 3.54. The zero-order valence-electron chi connectivity index (χ0n) is 17.9. The predicted molar refractivity (Wildman–Crippen MR) is 125 cm³/mol. The van der Waals surface area contributed by atoms with Crippen molar-refractivity contribution in [2.24, 2.45) is 5.10 Å². The van der Waals surface area contributed by atoms with Crippen LogP contribution in [0.4, 0.5) is 0 Å². The molecule has 32 heavy (non-hydrogen) atoms. The molecule has 166 valence electrons. The Bertz CT molecular complexity index is 1170. The Labute approximate surface area is 191 Å². The number of aromatic nitrogens is 1. The second-order valence-corrected chi connectivity index (χ2v) is 7.38. The maximum atomic E-state index is 12.7. The molecule has 0 radical (unpaired) electrons. The predicted octanol–water partition coefficient (Wildman–Crippen LogP) is 4.11. The molecule has 1 N–H and O–H groups in total. The molecule has 2 aromatic carbocycles. The van der Waals surface area contributed by atoms with Crippen molar-refractivity contribution in [2.75, 3.05) is 13.7 Å². The molecule has 1 amide bonds. The van der Waals surface area contributed by atoms with Crippen LogP contribution in [0.2, 0.25) is 5.02 Å². The van der Waals surface area contributed by atoms with Crippen LogP contribution < -0.4 is 20.5 Å². The molecule has 3 rings (SSSR count). The average Bonchev–Trinajstić information content (AvgIpc) is 2.79. The van der Waals surface area contributed by atoms with Crippen LogP contribution in [0.5, 0.6) is 11.5 Å². The van der Waals surface area contributed by atoms with Gasteiger partial charge < -0.3 is 14.0 Å². The van der Waals surface area contributed by atoms with E-state index in [4.69, 9.17) is 21.1 Å². The highest BCUT2D eigenvalue weighted by molar-refractivity contribution is 6.30. The quantitative estimate of drug-likeness (QED) is 0.390. The summed E-state index contributed by atoms with van der Waals surface area (Å²) in [6.45, 7) is 2.91. The van der Waals surface area contributed by atoms with E-state index < -0.39 is 11.5 Å². The molecule has 0 aliphatic carbocycles. The van der Waals surface area contributed by atoms with Gasteiger partial charge in [0.05, 0.1) is 26.5 Å². The van der Waals surface area contributed by atoms with Gasteiger partial charge in [-0.05, 0) is 60.0 Å². The molecule has 3 aromatic rings. The molecular weight excluding hydrogens is 430 g/mol. The first-order chi connectivity index (χ1) is 15.5. The van der Waals surface area contributed by atoms with Gasteiger partial charge in [0.25, 0.3) is 11.5 Å². The van der Waals surface area contributed by atoms with E-state index in [0.717, 1.165) is 12.0 Å². The van der Waals surface area contributed by atoms with Gasteiger partial charge in [0, 0.05) is 11.2 Å². The van der Waals surface area contributed by atoms with E-state index >= 15 is 0 Å². The first-order valence-electron chi connectivity index (χ1n) is 10.1. The molecule has 1 aromatic heterocycles. The molecule has 7 nitrogen and oxygen atoms in total. The number of nitrogens with zero attached hydrogens (tertiary/aromatic N) is 2. The lowest BCUT2D eigenvalue weighted by molar-refractivity contribution is 0.0953. The third kappa shape index (κ3) is 5.98. The topological polar surface area (TPSA) is 81.9 Å². The Balaban J connectivity index is 1.70. The number of hydrogen-bond acceptors (Lipinski definition) is 5. The van der Waals surface area contributed by atoms with Crippen molar-refractivity contribution in [3.05, 3.63) is 92.9 Å². The lowest BCUT2D eigenvalue weighted by atomic mass is 10.2. The fourth-order valence-electron chi connectivity index (χ4n) is 2.99. The Morgan fingerprint density at radius 2 is 2.00 bits per heavy atom. The number of carbonyl (C=O) groups is 1. The van der Waals surface area contributed by atoms with Gasteiger partial charge in [-0.3, -0.25) is 9.59 Å². The number of hydrazone groups is 1. The number of rotatable bonds is 9. The fourth-order valence-corrected chi connectivity index (χ4v) is 3.20. The van der Waals surface area contributed by atoms with Crippen LogP contribution in [0.15, 0.2) is 70.7 Å². The maximum Gasteiger partial charge on any atom is 0.276 e. The molecule has 0 fully saturated rings. The number of amides is 1. The van der Waals surface area contributed by atoms with Gasteiger partial charge >= 0.3 is 0 Å². The minimum atomic E-state index is -0.596. The SMILES string of the molecule is CCCOc1ccc(/C=N\NC(=O)c2cccn(Cc3cccc(Cl)c3)c2=O)cc1OC. The zero-order chi connectivity index (χ0) is 22.9. The highest BCUT2D eigenvalue weighted by atomic mass is 35.5. The van der Waals surface area contributed by atoms with Gasteiger partial charge in [-0.25, -0.2) is 5.43 Å². The first kappa shape index (κ1) is 23.1. The van der Waals surface area contributed by atoms with Gasteiger partial charge in [0.15, 0.2) is 11.5 Å². The molecule has 0 aliphatic rings. The molecule has 0 saturated carbocycles. The lowest BCUT2D eigenvalue weighted by Gasteiger charge is -2.10. The van der Waals surface area contributed by atoms with Crippen molar-refractivity contribution in [2.45, 2.75) is 19.9 Å². The van der Waals surface area contributed by atoms with E-state index in [0.29, 0.717) is 35.2 Å². The summed E-state index contributed by atoms with van der Waals surface area (Å²) in [7, 11) is 1.56. The normalized spacial score (nSPS) is 10.8. The summed E-state index contributed by atoms with van der Waals surface area (Å²) >= 11 is 6.01. The Hall–Kier alpha value is -3.58. The summed E-state index contributed by atoms with van der Waals surface area (Å²) in [6.07, 6.45) is 3.98. The van der Waals surface area contributed by atoms with E-state index in [2.05, 4.69) is 10.5 Å². The van der Waals surface area contributed by atoms with E-state index in [9.17, 15) is 9.59 Å². The van der Waals surface area contributed by atoms with Gasteiger partial charge in [-0.15, -0.1) is 0 Å². The number of halogens is 1.